The minimum Gasteiger partial charge on any atom is -0.665 e. The SMILES string of the molecule is CCNC(=O)CC[N-]C. The second kappa shape index (κ2) is 5.56. The highest BCUT2D eigenvalue weighted by Gasteiger charge is 1.90. The summed E-state index contributed by atoms with van der Waals surface area (Å²) in [5, 5.41) is 6.48. The molecule has 0 fully saturated rings. The molecule has 0 rings (SSSR count). The molecule has 1 amide bonds. The molecular weight excluding hydrogens is 116 g/mol. The second-order valence-corrected chi connectivity index (χ2v) is 1.74. The van der Waals surface area contributed by atoms with Gasteiger partial charge in [-0.2, -0.15) is 7.05 Å². The van der Waals surface area contributed by atoms with Gasteiger partial charge in [-0.05, 0) is 6.92 Å². The molecule has 9 heavy (non-hydrogen) atoms. The van der Waals surface area contributed by atoms with Crippen molar-refractivity contribution in [3.8, 4) is 0 Å². The Hall–Kier alpha value is -0.570. The molecule has 1 N–H and O–H groups in total. The molecule has 54 valence electrons. The number of amides is 1. The van der Waals surface area contributed by atoms with Gasteiger partial charge in [0.05, 0.1) is 0 Å². The molecule has 0 atom stereocenters. The van der Waals surface area contributed by atoms with Gasteiger partial charge in [0.15, 0.2) is 0 Å². The van der Waals surface area contributed by atoms with Crippen molar-refractivity contribution in [2.45, 2.75) is 13.3 Å². The van der Waals surface area contributed by atoms with Crippen LogP contribution in [-0.2, 0) is 4.79 Å². The summed E-state index contributed by atoms with van der Waals surface area (Å²) in [7, 11) is 1.71. The first-order valence-electron chi connectivity index (χ1n) is 3.13. The first-order chi connectivity index (χ1) is 4.31. The average Bonchev–Trinajstić information content (AvgIpc) is 1.85. The number of hydrogen-bond acceptors (Lipinski definition) is 1. The Bertz CT molecular complexity index is 83.1. The largest absolute Gasteiger partial charge is 0.665 e. The van der Waals surface area contributed by atoms with E-state index in [0.29, 0.717) is 19.5 Å². The maximum absolute atomic E-state index is 10.6. The number of rotatable bonds is 4. The van der Waals surface area contributed by atoms with Crippen molar-refractivity contribution in [1.29, 1.82) is 0 Å². The molecular formula is C6H13N2O-. The van der Waals surface area contributed by atoms with E-state index in [1.165, 1.54) is 0 Å². The van der Waals surface area contributed by atoms with Gasteiger partial charge >= 0.3 is 0 Å². The number of carbonyl (C=O) groups is 1. The van der Waals surface area contributed by atoms with E-state index in [0.717, 1.165) is 0 Å². The Morgan fingerprint density at radius 2 is 2.33 bits per heavy atom. The lowest BCUT2D eigenvalue weighted by Crippen LogP contribution is -2.22. The summed E-state index contributed by atoms with van der Waals surface area (Å²) in [6, 6.07) is 0. The van der Waals surface area contributed by atoms with E-state index < -0.39 is 0 Å². The molecule has 0 saturated heterocycles. The molecule has 0 bridgehead atoms. The van der Waals surface area contributed by atoms with E-state index >= 15 is 0 Å². The van der Waals surface area contributed by atoms with Crippen LogP contribution in [0.15, 0.2) is 0 Å². The zero-order valence-electron chi connectivity index (χ0n) is 5.98. The highest BCUT2D eigenvalue weighted by atomic mass is 16.1. The number of nitrogens with zero attached hydrogens (tertiary/aromatic N) is 1. The summed E-state index contributed by atoms with van der Waals surface area (Å²) < 4.78 is 0. The van der Waals surface area contributed by atoms with Gasteiger partial charge in [0.25, 0.3) is 0 Å². The van der Waals surface area contributed by atoms with Crippen LogP contribution in [0.5, 0.6) is 0 Å². The Kier molecular flexibility index (Phi) is 5.21. The van der Waals surface area contributed by atoms with E-state index in [-0.39, 0.29) is 5.91 Å². The van der Waals surface area contributed by atoms with Crippen LogP contribution in [0.25, 0.3) is 5.32 Å². The molecule has 0 spiro atoms. The van der Waals surface area contributed by atoms with Crippen molar-refractivity contribution < 1.29 is 4.79 Å². The van der Waals surface area contributed by atoms with Crippen LogP contribution < -0.4 is 5.32 Å². The monoisotopic (exact) mass is 129 g/mol. The second-order valence-electron chi connectivity index (χ2n) is 1.74. The summed E-state index contributed by atoms with van der Waals surface area (Å²) in [4.78, 5) is 10.6. The van der Waals surface area contributed by atoms with Crippen molar-refractivity contribution in [3.63, 3.8) is 0 Å². The van der Waals surface area contributed by atoms with Gasteiger partial charge in [0.1, 0.15) is 0 Å². The van der Waals surface area contributed by atoms with Crippen LogP contribution >= 0.6 is 0 Å². The molecule has 0 aromatic heterocycles. The lowest BCUT2D eigenvalue weighted by Gasteiger charge is -2.08. The minimum atomic E-state index is 0.0862. The summed E-state index contributed by atoms with van der Waals surface area (Å²) in [6.07, 6.45) is 0.518. The summed E-state index contributed by atoms with van der Waals surface area (Å²) in [5.74, 6) is 0.0862. The Morgan fingerprint density at radius 1 is 1.67 bits per heavy atom. The van der Waals surface area contributed by atoms with Crippen molar-refractivity contribution >= 4 is 5.91 Å². The third-order valence-electron chi connectivity index (χ3n) is 0.936. The zero-order chi connectivity index (χ0) is 7.11. The van der Waals surface area contributed by atoms with Crippen molar-refractivity contribution in [3.05, 3.63) is 5.32 Å². The Morgan fingerprint density at radius 3 is 2.78 bits per heavy atom. The lowest BCUT2D eigenvalue weighted by molar-refractivity contribution is -0.120. The molecule has 0 saturated carbocycles. The van der Waals surface area contributed by atoms with Crippen LogP contribution in [0.2, 0.25) is 0 Å². The standard InChI is InChI=1S/C6H13N2O/c1-3-8-6(9)4-5-7-2/h3-5H2,1-2H3,(H,8,9)/q-1. The number of hydrogen-bond donors (Lipinski definition) is 1. The van der Waals surface area contributed by atoms with Crippen LogP contribution in [0, 0.1) is 0 Å². The summed E-state index contributed by atoms with van der Waals surface area (Å²) in [5.41, 5.74) is 0. The molecule has 3 nitrogen and oxygen atoms in total. The van der Waals surface area contributed by atoms with E-state index in [1.807, 2.05) is 6.92 Å². The zero-order valence-corrected chi connectivity index (χ0v) is 5.98. The molecule has 0 unspecified atom stereocenters. The molecule has 0 aliphatic carbocycles. The number of nitrogens with one attached hydrogen (secondary N) is 1. The van der Waals surface area contributed by atoms with Gasteiger partial charge in [0.2, 0.25) is 5.91 Å². The third kappa shape index (κ3) is 5.30. The molecule has 0 heterocycles. The van der Waals surface area contributed by atoms with Gasteiger partial charge in [-0.1, -0.05) is 0 Å². The fourth-order valence-electron chi connectivity index (χ4n) is 0.499. The Labute approximate surface area is 55.8 Å². The molecule has 0 aliphatic heterocycles. The van der Waals surface area contributed by atoms with E-state index in [9.17, 15) is 4.79 Å². The van der Waals surface area contributed by atoms with Gasteiger partial charge in [-0.25, -0.2) is 0 Å². The topological polar surface area (TPSA) is 43.2 Å². The molecule has 0 aromatic carbocycles. The van der Waals surface area contributed by atoms with Gasteiger partial charge < -0.3 is 10.6 Å². The van der Waals surface area contributed by atoms with Gasteiger partial charge in [0, 0.05) is 13.0 Å². The summed E-state index contributed by atoms with van der Waals surface area (Å²) >= 11 is 0. The molecule has 0 radical (unpaired) electrons. The van der Waals surface area contributed by atoms with E-state index in [1.54, 1.807) is 7.05 Å². The normalized spacial score (nSPS) is 9.11. The predicted molar refractivity (Wildman–Crippen MR) is 37.5 cm³/mol. The molecule has 0 aliphatic rings. The third-order valence-corrected chi connectivity index (χ3v) is 0.936. The van der Waals surface area contributed by atoms with Crippen LogP contribution in [-0.4, -0.2) is 26.0 Å². The van der Waals surface area contributed by atoms with Crippen LogP contribution in [0.3, 0.4) is 0 Å². The van der Waals surface area contributed by atoms with Crippen molar-refractivity contribution in [1.82, 2.24) is 5.32 Å². The quantitative estimate of drug-likeness (QED) is 0.590. The number of carbonyl (C=O) groups excluding carboxylic acids is 1. The fourth-order valence-corrected chi connectivity index (χ4v) is 0.499. The maximum atomic E-state index is 10.6. The van der Waals surface area contributed by atoms with Crippen molar-refractivity contribution in [2.75, 3.05) is 20.1 Å². The van der Waals surface area contributed by atoms with Gasteiger partial charge in [-0.3, -0.25) is 4.79 Å². The average molecular weight is 129 g/mol. The first kappa shape index (κ1) is 8.43. The summed E-state index contributed by atoms with van der Waals surface area (Å²) in [6.45, 7) is 3.25. The van der Waals surface area contributed by atoms with E-state index in [4.69, 9.17) is 0 Å². The van der Waals surface area contributed by atoms with Crippen LogP contribution in [0.1, 0.15) is 13.3 Å². The Balaban J connectivity index is 3.06. The highest BCUT2D eigenvalue weighted by molar-refractivity contribution is 5.76. The molecule has 0 aromatic rings. The van der Waals surface area contributed by atoms with Gasteiger partial charge in [-0.15, -0.1) is 6.54 Å². The lowest BCUT2D eigenvalue weighted by atomic mass is 10.4. The van der Waals surface area contributed by atoms with E-state index in [2.05, 4.69) is 10.6 Å². The van der Waals surface area contributed by atoms with Crippen LogP contribution in [0.4, 0.5) is 0 Å². The predicted octanol–water partition coefficient (Wildman–Crippen LogP) is 0.516. The fraction of sp³-hybridized carbons (Fsp3) is 0.833. The smallest absolute Gasteiger partial charge is 0.218 e. The van der Waals surface area contributed by atoms with Crippen molar-refractivity contribution in [2.24, 2.45) is 0 Å². The highest BCUT2D eigenvalue weighted by Crippen LogP contribution is 1.83. The first-order valence-corrected chi connectivity index (χ1v) is 3.13. The minimum absolute atomic E-state index is 0.0862. The maximum Gasteiger partial charge on any atom is 0.218 e. The molecule has 3 heteroatoms.